The van der Waals surface area contributed by atoms with Crippen molar-refractivity contribution in [2.75, 3.05) is 6.61 Å². The molecule has 0 fully saturated rings. The van der Waals surface area contributed by atoms with Crippen molar-refractivity contribution in [3.63, 3.8) is 0 Å². The summed E-state index contributed by atoms with van der Waals surface area (Å²) in [4.78, 5) is 20.6. The summed E-state index contributed by atoms with van der Waals surface area (Å²) in [5.74, 6) is 1.71. The number of hydrogen-bond acceptors (Lipinski definition) is 6. The molecule has 3 aromatic rings. The third-order valence-corrected chi connectivity index (χ3v) is 3.94. The van der Waals surface area contributed by atoms with Crippen LogP contribution < -0.4 is 10.1 Å². The van der Waals surface area contributed by atoms with E-state index in [1.165, 1.54) is 0 Å². The van der Waals surface area contributed by atoms with Gasteiger partial charge in [-0.2, -0.15) is 4.98 Å². The van der Waals surface area contributed by atoms with Crippen LogP contribution in [0.3, 0.4) is 0 Å². The third-order valence-electron chi connectivity index (χ3n) is 3.94. The number of carbonyl (C=O) groups excluding carboxylic acids is 1. The molecule has 7 heteroatoms. The highest BCUT2D eigenvalue weighted by Crippen LogP contribution is 2.22. The number of nitrogens with zero attached hydrogens (tertiary/aromatic N) is 3. The second-order valence-electron chi connectivity index (χ2n) is 6.47. The van der Waals surface area contributed by atoms with Gasteiger partial charge in [0.2, 0.25) is 0 Å². The lowest BCUT2D eigenvalue weighted by Crippen LogP contribution is -2.31. The SMILES string of the molecule is CC(C)c1noc(-c2ccc(OCC(=O)N[C@@H](C)c3ccccn3)cc2)n1. The van der Waals surface area contributed by atoms with Gasteiger partial charge in [0.15, 0.2) is 12.4 Å². The summed E-state index contributed by atoms with van der Waals surface area (Å²) in [7, 11) is 0. The highest BCUT2D eigenvalue weighted by Gasteiger charge is 2.13. The van der Waals surface area contributed by atoms with Gasteiger partial charge in [-0.25, -0.2) is 0 Å². The zero-order valence-corrected chi connectivity index (χ0v) is 15.5. The summed E-state index contributed by atoms with van der Waals surface area (Å²) in [6, 6.07) is 12.6. The van der Waals surface area contributed by atoms with Crippen LogP contribution in [0.25, 0.3) is 11.5 Å². The minimum Gasteiger partial charge on any atom is -0.484 e. The molecule has 140 valence electrons. The van der Waals surface area contributed by atoms with Gasteiger partial charge in [0.1, 0.15) is 5.75 Å². The lowest BCUT2D eigenvalue weighted by molar-refractivity contribution is -0.123. The van der Waals surface area contributed by atoms with E-state index in [4.69, 9.17) is 9.26 Å². The van der Waals surface area contributed by atoms with Crippen LogP contribution in [-0.2, 0) is 4.79 Å². The molecule has 1 atom stereocenters. The molecule has 0 aliphatic rings. The van der Waals surface area contributed by atoms with Gasteiger partial charge in [-0.15, -0.1) is 0 Å². The fourth-order valence-electron chi connectivity index (χ4n) is 2.42. The quantitative estimate of drug-likeness (QED) is 0.688. The maximum atomic E-state index is 12.1. The second kappa shape index (κ2) is 8.44. The van der Waals surface area contributed by atoms with Crippen molar-refractivity contribution in [2.45, 2.75) is 32.7 Å². The zero-order chi connectivity index (χ0) is 19.2. The number of carbonyl (C=O) groups is 1. The van der Waals surface area contributed by atoms with Crippen LogP contribution in [0.15, 0.2) is 53.2 Å². The van der Waals surface area contributed by atoms with E-state index >= 15 is 0 Å². The van der Waals surface area contributed by atoms with E-state index in [0.717, 1.165) is 11.3 Å². The van der Waals surface area contributed by atoms with Crippen molar-refractivity contribution in [1.82, 2.24) is 20.4 Å². The Balaban J connectivity index is 1.53. The van der Waals surface area contributed by atoms with Crippen LogP contribution >= 0.6 is 0 Å². The van der Waals surface area contributed by atoms with Crippen molar-refractivity contribution < 1.29 is 14.1 Å². The van der Waals surface area contributed by atoms with Crippen LogP contribution in [0, 0.1) is 0 Å². The number of ether oxygens (including phenoxy) is 1. The van der Waals surface area contributed by atoms with Crippen LogP contribution in [0.4, 0.5) is 0 Å². The number of nitrogens with one attached hydrogen (secondary N) is 1. The Hall–Kier alpha value is -3.22. The van der Waals surface area contributed by atoms with Crippen molar-refractivity contribution in [3.8, 4) is 17.2 Å². The van der Waals surface area contributed by atoms with Crippen molar-refractivity contribution in [2.24, 2.45) is 0 Å². The number of aromatic nitrogens is 3. The summed E-state index contributed by atoms with van der Waals surface area (Å²) in [5, 5.41) is 6.81. The minimum atomic E-state index is -0.212. The van der Waals surface area contributed by atoms with E-state index in [0.29, 0.717) is 17.5 Å². The lowest BCUT2D eigenvalue weighted by atomic mass is 10.2. The standard InChI is InChI=1S/C20H22N4O3/c1-13(2)19-23-20(27-24-19)15-7-9-16(10-8-15)26-12-18(25)22-14(3)17-6-4-5-11-21-17/h4-11,13-14H,12H2,1-3H3,(H,22,25)/t14-/m0/s1. The summed E-state index contributed by atoms with van der Waals surface area (Å²) in [6.07, 6.45) is 1.70. The van der Waals surface area contributed by atoms with Gasteiger partial charge in [-0.05, 0) is 43.3 Å². The number of rotatable bonds is 7. The highest BCUT2D eigenvalue weighted by atomic mass is 16.5. The topological polar surface area (TPSA) is 90.1 Å². The monoisotopic (exact) mass is 366 g/mol. The predicted molar refractivity (Wildman–Crippen MR) is 100 cm³/mol. The normalized spacial score (nSPS) is 12.0. The molecule has 0 aliphatic carbocycles. The van der Waals surface area contributed by atoms with E-state index < -0.39 is 0 Å². The van der Waals surface area contributed by atoms with Crippen molar-refractivity contribution in [1.29, 1.82) is 0 Å². The Morgan fingerprint density at radius 3 is 2.56 bits per heavy atom. The van der Waals surface area contributed by atoms with Crippen LogP contribution in [0.1, 0.15) is 44.2 Å². The fraction of sp³-hybridized carbons (Fsp3) is 0.300. The lowest BCUT2D eigenvalue weighted by Gasteiger charge is -2.13. The average molecular weight is 366 g/mol. The first-order chi connectivity index (χ1) is 13.0. The van der Waals surface area contributed by atoms with Gasteiger partial charge >= 0.3 is 0 Å². The Bertz CT molecular complexity index is 876. The largest absolute Gasteiger partial charge is 0.484 e. The smallest absolute Gasteiger partial charge is 0.258 e. The third kappa shape index (κ3) is 4.91. The first-order valence-corrected chi connectivity index (χ1v) is 8.80. The van der Waals surface area contributed by atoms with Gasteiger partial charge in [0.05, 0.1) is 11.7 Å². The van der Waals surface area contributed by atoms with Gasteiger partial charge < -0.3 is 14.6 Å². The van der Waals surface area contributed by atoms with Gasteiger partial charge in [0.25, 0.3) is 11.8 Å². The molecule has 27 heavy (non-hydrogen) atoms. The number of pyridine rings is 1. The van der Waals surface area contributed by atoms with E-state index in [1.54, 1.807) is 18.3 Å². The molecule has 7 nitrogen and oxygen atoms in total. The van der Waals surface area contributed by atoms with Gasteiger partial charge in [0, 0.05) is 17.7 Å². The van der Waals surface area contributed by atoms with E-state index in [1.807, 2.05) is 51.1 Å². The molecule has 0 saturated carbocycles. The molecule has 0 saturated heterocycles. The summed E-state index contributed by atoms with van der Waals surface area (Å²) in [5.41, 5.74) is 1.60. The molecule has 2 aromatic heterocycles. The van der Waals surface area contributed by atoms with Crippen LogP contribution in [0.2, 0.25) is 0 Å². The van der Waals surface area contributed by atoms with E-state index in [9.17, 15) is 4.79 Å². The van der Waals surface area contributed by atoms with Crippen molar-refractivity contribution in [3.05, 3.63) is 60.2 Å². The second-order valence-corrected chi connectivity index (χ2v) is 6.47. The summed E-state index contributed by atoms with van der Waals surface area (Å²) < 4.78 is 10.8. The Labute approximate surface area is 157 Å². The molecule has 0 radical (unpaired) electrons. The molecule has 3 rings (SSSR count). The minimum absolute atomic E-state index is 0.0748. The first kappa shape index (κ1) is 18.6. The van der Waals surface area contributed by atoms with Crippen LogP contribution in [0.5, 0.6) is 5.75 Å². The number of hydrogen-bond donors (Lipinski definition) is 1. The molecule has 2 heterocycles. The zero-order valence-electron chi connectivity index (χ0n) is 15.5. The van der Waals surface area contributed by atoms with Gasteiger partial charge in [-0.1, -0.05) is 25.1 Å². The Morgan fingerprint density at radius 2 is 1.93 bits per heavy atom. The number of benzene rings is 1. The Morgan fingerprint density at radius 1 is 1.15 bits per heavy atom. The molecule has 1 N–H and O–H groups in total. The highest BCUT2D eigenvalue weighted by molar-refractivity contribution is 5.78. The first-order valence-electron chi connectivity index (χ1n) is 8.80. The molecular weight excluding hydrogens is 344 g/mol. The maximum Gasteiger partial charge on any atom is 0.258 e. The molecule has 0 unspecified atom stereocenters. The molecule has 0 bridgehead atoms. The molecule has 0 spiro atoms. The molecule has 0 aliphatic heterocycles. The fourth-order valence-corrected chi connectivity index (χ4v) is 2.42. The van der Waals surface area contributed by atoms with Gasteiger partial charge in [-0.3, -0.25) is 9.78 Å². The van der Waals surface area contributed by atoms with E-state index in [-0.39, 0.29) is 24.5 Å². The predicted octanol–water partition coefficient (Wildman–Crippen LogP) is 3.51. The Kier molecular flexibility index (Phi) is 5.80. The van der Waals surface area contributed by atoms with Crippen LogP contribution in [-0.4, -0.2) is 27.6 Å². The molecule has 1 aromatic carbocycles. The molecule has 1 amide bonds. The maximum absolute atomic E-state index is 12.1. The number of amides is 1. The van der Waals surface area contributed by atoms with E-state index in [2.05, 4.69) is 20.4 Å². The molecular formula is C20H22N4O3. The summed E-state index contributed by atoms with van der Waals surface area (Å²) >= 11 is 0. The average Bonchev–Trinajstić information content (AvgIpc) is 3.18. The van der Waals surface area contributed by atoms with Crippen molar-refractivity contribution >= 4 is 5.91 Å². The summed E-state index contributed by atoms with van der Waals surface area (Å²) in [6.45, 7) is 5.82.